The lowest BCUT2D eigenvalue weighted by atomic mass is 10.0. The van der Waals surface area contributed by atoms with Gasteiger partial charge in [0.05, 0.1) is 5.75 Å². The molecule has 2 unspecified atom stereocenters. The maximum Gasteiger partial charge on any atom is 0.148 e. The number of sulfone groups is 1. The van der Waals surface area contributed by atoms with Crippen molar-refractivity contribution in [3.05, 3.63) is 0 Å². The van der Waals surface area contributed by atoms with Crippen molar-refractivity contribution in [2.75, 3.05) is 25.2 Å². The summed E-state index contributed by atoms with van der Waals surface area (Å²) in [4.78, 5) is 0. The Bertz CT molecular complexity index is 251. The fourth-order valence-electron chi connectivity index (χ4n) is 1.51. The van der Waals surface area contributed by atoms with E-state index >= 15 is 0 Å². The minimum absolute atomic E-state index is 0.0206. The number of rotatable bonds is 8. The summed E-state index contributed by atoms with van der Waals surface area (Å²) < 4.78 is 22.0. The summed E-state index contributed by atoms with van der Waals surface area (Å²) >= 11 is 0. The van der Waals surface area contributed by atoms with Crippen LogP contribution in [0, 0.1) is 5.92 Å². The van der Waals surface area contributed by atoms with Crippen LogP contribution in [-0.4, -0.2) is 44.7 Å². The second-order valence-corrected chi connectivity index (χ2v) is 6.37. The van der Waals surface area contributed by atoms with Gasteiger partial charge in [-0.25, -0.2) is 8.42 Å². The predicted molar refractivity (Wildman–Crippen MR) is 62.7 cm³/mol. The number of aliphatic hydroxyl groups excluding tert-OH is 1. The van der Waals surface area contributed by atoms with Crippen molar-refractivity contribution < 1.29 is 13.5 Å². The van der Waals surface area contributed by atoms with Crippen molar-refractivity contribution in [2.24, 2.45) is 5.92 Å². The molecule has 0 aliphatic rings. The van der Waals surface area contributed by atoms with E-state index in [0.717, 1.165) is 19.4 Å². The van der Waals surface area contributed by atoms with Crippen molar-refractivity contribution in [2.45, 2.75) is 32.7 Å². The zero-order valence-corrected chi connectivity index (χ0v) is 10.7. The van der Waals surface area contributed by atoms with Crippen LogP contribution in [0.25, 0.3) is 0 Å². The zero-order chi connectivity index (χ0) is 11.9. The van der Waals surface area contributed by atoms with Crippen molar-refractivity contribution in [3.8, 4) is 0 Å². The van der Waals surface area contributed by atoms with Crippen LogP contribution in [0.4, 0.5) is 0 Å². The molecule has 0 aromatic carbocycles. The molecule has 5 heteroatoms. The number of nitrogens with one attached hydrogen (secondary N) is 1. The molecule has 92 valence electrons. The topological polar surface area (TPSA) is 66.4 Å². The number of hydrogen-bond acceptors (Lipinski definition) is 4. The molecule has 4 nitrogen and oxygen atoms in total. The maximum absolute atomic E-state index is 11.0. The van der Waals surface area contributed by atoms with Crippen LogP contribution >= 0.6 is 0 Å². The SMILES string of the molecule is CCC(CCO)CNC(C)CS(C)(=O)=O. The van der Waals surface area contributed by atoms with Gasteiger partial charge >= 0.3 is 0 Å². The van der Waals surface area contributed by atoms with Gasteiger partial charge in [0.2, 0.25) is 0 Å². The molecular weight excluding hydrogens is 214 g/mol. The Balaban J connectivity index is 3.82. The first-order valence-electron chi connectivity index (χ1n) is 5.41. The lowest BCUT2D eigenvalue weighted by molar-refractivity contribution is 0.249. The van der Waals surface area contributed by atoms with E-state index in [1.165, 1.54) is 6.26 Å². The van der Waals surface area contributed by atoms with Gasteiger partial charge < -0.3 is 10.4 Å². The Kier molecular flexibility index (Phi) is 7.13. The van der Waals surface area contributed by atoms with E-state index in [4.69, 9.17) is 5.11 Å². The fraction of sp³-hybridized carbons (Fsp3) is 1.00. The highest BCUT2D eigenvalue weighted by molar-refractivity contribution is 7.90. The van der Waals surface area contributed by atoms with Crippen LogP contribution in [0.2, 0.25) is 0 Å². The Morgan fingerprint density at radius 3 is 2.40 bits per heavy atom. The largest absolute Gasteiger partial charge is 0.396 e. The third kappa shape index (κ3) is 8.84. The Hall–Kier alpha value is -0.130. The molecule has 0 aromatic heterocycles. The van der Waals surface area contributed by atoms with Crippen molar-refractivity contribution >= 4 is 9.84 Å². The quantitative estimate of drug-likeness (QED) is 0.642. The summed E-state index contributed by atoms with van der Waals surface area (Å²) in [6.07, 6.45) is 3.02. The summed E-state index contributed by atoms with van der Waals surface area (Å²) in [7, 11) is -2.90. The van der Waals surface area contributed by atoms with Crippen molar-refractivity contribution in [3.63, 3.8) is 0 Å². The van der Waals surface area contributed by atoms with Gasteiger partial charge in [-0.1, -0.05) is 13.3 Å². The molecule has 0 saturated heterocycles. The standard InChI is InChI=1S/C10H23NO3S/c1-4-10(5-6-12)7-11-9(2)8-15(3,13)14/h9-12H,4-8H2,1-3H3. The monoisotopic (exact) mass is 237 g/mol. The van der Waals surface area contributed by atoms with Gasteiger partial charge in [-0.2, -0.15) is 0 Å². The maximum atomic E-state index is 11.0. The van der Waals surface area contributed by atoms with E-state index in [1.807, 2.05) is 6.92 Å². The first-order valence-corrected chi connectivity index (χ1v) is 7.47. The van der Waals surface area contributed by atoms with Crippen LogP contribution in [0.1, 0.15) is 26.7 Å². The molecule has 0 radical (unpaired) electrons. The Morgan fingerprint density at radius 1 is 1.40 bits per heavy atom. The second-order valence-electron chi connectivity index (χ2n) is 4.19. The van der Waals surface area contributed by atoms with E-state index in [9.17, 15) is 8.42 Å². The molecule has 0 aromatic rings. The molecule has 0 bridgehead atoms. The molecule has 0 aliphatic heterocycles. The van der Waals surface area contributed by atoms with E-state index in [0.29, 0.717) is 5.92 Å². The minimum Gasteiger partial charge on any atom is -0.396 e. The third-order valence-electron chi connectivity index (χ3n) is 2.42. The minimum atomic E-state index is -2.90. The average molecular weight is 237 g/mol. The van der Waals surface area contributed by atoms with Gasteiger partial charge in [-0.15, -0.1) is 0 Å². The molecule has 2 N–H and O–H groups in total. The summed E-state index contributed by atoms with van der Waals surface area (Å²) in [5.41, 5.74) is 0. The second kappa shape index (κ2) is 7.19. The molecule has 0 fully saturated rings. The van der Waals surface area contributed by atoms with Crippen LogP contribution in [0.5, 0.6) is 0 Å². The lowest BCUT2D eigenvalue weighted by Crippen LogP contribution is -2.36. The van der Waals surface area contributed by atoms with E-state index in [-0.39, 0.29) is 18.4 Å². The van der Waals surface area contributed by atoms with Crippen LogP contribution in [-0.2, 0) is 9.84 Å². The molecule has 0 amide bonds. The lowest BCUT2D eigenvalue weighted by Gasteiger charge is -2.18. The molecule has 0 rings (SSSR count). The highest BCUT2D eigenvalue weighted by atomic mass is 32.2. The molecule has 2 atom stereocenters. The molecule has 0 spiro atoms. The smallest absolute Gasteiger partial charge is 0.148 e. The summed E-state index contributed by atoms with van der Waals surface area (Å²) in [5, 5.41) is 12.0. The van der Waals surface area contributed by atoms with Crippen molar-refractivity contribution in [1.82, 2.24) is 5.32 Å². The molecule has 15 heavy (non-hydrogen) atoms. The first kappa shape index (κ1) is 14.9. The van der Waals surface area contributed by atoms with Crippen LogP contribution in [0.3, 0.4) is 0 Å². The average Bonchev–Trinajstić information content (AvgIpc) is 2.09. The number of aliphatic hydroxyl groups is 1. The van der Waals surface area contributed by atoms with E-state index < -0.39 is 9.84 Å². The van der Waals surface area contributed by atoms with Gasteiger partial charge in [0.25, 0.3) is 0 Å². The predicted octanol–water partition coefficient (Wildman–Crippen LogP) is 0.418. The Morgan fingerprint density at radius 2 is 2.00 bits per heavy atom. The molecular formula is C10H23NO3S. The summed E-state index contributed by atoms with van der Waals surface area (Å²) in [6.45, 7) is 4.91. The van der Waals surface area contributed by atoms with Crippen LogP contribution in [0.15, 0.2) is 0 Å². The molecule has 0 aliphatic carbocycles. The van der Waals surface area contributed by atoms with Gasteiger partial charge in [0.15, 0.2) is 0 Å². The van der Waals surface area contributed by atoms with Gasteiger partial charge in [0, 0.05) is 18.9 Å². The van der Waals surface area contributed by atoms with E-state index in [2.05, 4.69) is 12.2 Å². The normalized spacial score (nSPS) is 16.3. The first-order chi connectivity index (χ1) is 6.89. The zero-order valence-electron chi connectivity index (χ0n) is 9.86. The molecule has 0 heterocycles. The third-order valence-corrected chi connectivity index (χ3v) is 3.53. The highest BCUT2D eigenvalue weighted by Gasteiger charge is 2.12. The van der Waals surface area contributed by atoms with Crippen molar-refractivity contribution in [1.29, 1.82) is 0 Å². The number of hydrogen-bond donors (Lipinski definition) is 2. The fourth-order valence-corrected chi connectivity index (χ4v) is 2.54. The van der Waals surface area contributed by atoms with E-state index in [1.54, 1.807) is 0 Å². The highest BCUT2D eigenvalue weighted by Crippen LogP contribution is 2.06. The summed E-state index contributed by atoms with van der Waals surface area (Å²) in [5.74, 6) is 0.597. The van der Waals surface area contributed by atoms with Gasteiger partial charge in [-0.3, -0.25) is 0 Å². The van der Waals surface area contributed by atoms with Gasteiger partial charge in [0.1, 0.15) is 9.84 Å². The van der Waals surface area contributed by atoms with Gasteiger partial charge in [-0.05, 0) is 25.8 Å². The summed E-state index contributed by atoms with van der Waals surface area (Å²) in [6, 6.07) is -0.0206. The van der Waals surface area contributed by atoms with Crippen LogP contribution < -0.4 is 5.32 Å². The molecule has 0 saturated carbocycles. The Labute approximate surface area is 93.0 Å².